The van der Waals surface area contributed by atoms with E-state index in [1.54, 1.807) is 10.7 Å². The summed E-state index contributed by atoms with van der Waals surface area (Å²) in [7, 11) is 3.81. The Morgan fingerprint density at radius 1 is 1.24 bits per heavy atom. The lowest BCUT2D eigenvalue weighted by atomic mass is 9.85. The van der Waals surface area contributed by atoms with Gasteiger partial charge in [0, 0.05) is 30.3 Å². The first-order chi connectivity index (χ1) is 9.74. The minimum atomic E-state index is -0.222. The SMILES string of the molecule is CNC(C)c1ccc(F)cc1-c1cn(C)nc1C(C)(C)C. The molecular formula is C17H24FN3. The Labute approximate surface area is 126 Å². The van der Waals surface area contributed by atoms with Crippen molar-refractivity contribution < 1.29 is 4.39 Å². The third kappa shape index (κ3) is 3.16. The van der Waals surface area contributed by atoms with Crippen LogP contribution >= 0.6 is 0 Å². The fraction of sp³-hybridized carbons (Fsp3) is 0.471. The van der Waals surface area contributed by atoms with Crippen LogP contribution in [0.4, 0.5) is 4.39 Å². The molecule has 0 aliphatic rings. The molecule has 0 aliphatic carbocycles. The van der Waals surface area contributed by atoms with E-state index in [1.807, 2.05) is 26.4 Å². The number of aromatic nitrogens is 2. The molecule has 0 fully saturated rings. The first-order valence-corrected chi connectivity index (χ1v) is 7.25. The fourth-order valence-electron chi connectivity index (χ4n) is 2.53. The van der Waals surface area contributed by atoms with Crippen LogP contribution in [0.5, 0.6) is 0 Å². The lowest BCUT2D eigenvalue weighted by Gasteiger charge is -2.20. The van der Waals surface area contributed by atoms with Crippen molar-refractivity contribution in [1.82, 2.24) is 15.1 Å². The minimum absolute atomic E-state index is 0.0942. The van der Waals surface area contributed by atoms with E-state index in [2.05, 4.69) is 38.1 Å². The predicted octanol–water partition coefficient (Wildman–Crippen LogP) is 3.80. The summed E-state index contributed by atoms with van der Waals surface area (Å²) in [6.45, 7) is 8.45. The first kappa shape index (κ1) is 15.7. The summed E-state index contributed by atoms with van der Waals surface area (Å²) in [6.07, 6.45) is 1.97. The zero-order valence-electron chi connectivity index (χ0n) is 13.7. The van der Waals surface area contributed by atoms with E-state index in [4.69, 9.17) is 0 Å². The standard InChI is InChI=1S/C17H24FN3/c1-11(19-5)13-8-7-12(18)9-14(13)15-10-21(6)20-16(15)17(2,3)4/h7-11,19H,1-6H3. The van der Waals surface area contributed by atoms with E-state index in [1.165, 1.54) is 6.07 Å². The number of aryl methyl sites for hydroxylation is 1. The van der Waals surface area contributed by atoms with Crippen LogP contribution in [0.25, 0.3) is 11.1 Å². The molecule has 0 bridgehead atoms. The van der Waals surface area contributed by atoms with Crippen molar-refractivity contribution in [1.29, 1.82) is 0 Å². The second kappa shape index (κ2) is 5.60. The first-order valence-electron chi connectivity index (χ1n) is 7.25. The number of hydrogen-bond acceptors (Lipinski definition) is 2. The summed E-state index contributed by atoms with van der Waals surface area (Å²) in [4.78, 5) is 0. The monoisotopic (exact) mass is 289 g/mol. The average Bonchev–Trinajstić information content (AvgIpc) is 2.80. The topological polar surface area (TPSA) is 29.9 Å². The van der Waals surface area contributed by atoms with Crippen molar-refractivity contribution in [3.05, 3.63) is 41.5 Å². The van der Waals surface area contributed by atoms with E-state index >= 15 is 0 Å². The molecule has 1 aromatic heterocycles. The molecule has 21 heavy (non-hydrogen) atoms. The second-order valence-electron chi connectivity index (χ2n) is 6.56. The summed E-state index contributed by atoms with van der Waals surface area (Å²) in [5.41, 5.74) is 3.89. The Morgan fingerprint density at radius 3 is 2.48 bits per heavy atom. The van der Waals surface area contributed by atoms with Crippen molar-refractivity contribution in [2.75, 3.05) is 7.05 Å². The summed E-state index contributed by atoms with van der Waals surface area (Å²) >= 11 is 0. The van der Waals surface area contributed by atoms with Gasteiger partial charge in [-0.25, -0.2) is 4.39 Å². The van der Waals surface area contributed by atoms with Crippen molar-refractivity contribution in [2.24, 2.45) is 7.05 Å². The van der Waals surface area contributed by atoms with E-state index in [9.17, 15) is 4.39 Å². The van der Waals surface area contributed by atoms with E-state index in [0.717, 1.165) is 22.4 Å². The highest BCUT2D eigenvalue weighted by Gasteiger charge is 2.25. The number of benzene rings is 1. The third-order valence-corrected chi connectivity index (χ3v) is 3.74. The molecule has 0 radical (unpaired) electrons. The van der Waals surface area contributed by atoms with Crippen molar-refractivity contribution in [2.45, 2.75) is 39.2 Å². The Hall–Kier alpha value is -1.68. The molecule has 1 heterocycles. The molecule has 2 rings (SSSR count). The normalized spacial score (nSPS) is 13.5. The van der Waals surface area contributed by atoms with Gasteiger partial charge in [0.1, 0.15) is 5.82 Å². The van der Waals surface area contributed by atoms with E-state index in [-0.39, 0.29) is 17.3 Å². The number of hydrogen-bond donors (Lipinski definition) is 1. The molecule has 1 aromatic carbocycles. The zero-order valence-corrected chi connectivity index (χ0v) is 13.7. The largest absolute Gasteiger partial charge is 0.313 e. The van der Waals surface area contributed by atoms with Gasteiger partial charge in [0.15, 0.2) is 0 Å². The Balaban J connectivity index is 2.69. The van der Waals surface area contributed by atoms with E-state index < -0.39 is 0 Å². The summed E-state index contributed by atoms with van der Waals surface area (Å²) < 4.78 is 15.6. The Kier molecular flexibility index (Phi) is 4.19. The molecule has 2 aromatic rings. The van der Waals surface area contributed by atoms with Crippen LogP contribution in [0.2, 0.25) is 0 Å². The van der Waals surface area contributed by atoms with Gasteiger partial charge in [-0.05, 0) is 37.2 Å². The van der Waals surface area contributed by atoms with Gasteiger partial charge in [-0.1, -0.05) is 26.8 Å². The molecule has 4 heteroatoms. The van der Waals surface area contributed by atoms with Gasteiger partial charge in [0.25, 0.3) is 0 Å². The molecule has 1 atom stereocenters. The predicted molar refractivity (Wildman–Crippen MR) is 84.8 cm³/mol. The molecule has 1 unspecified atom stereocenters. The van der Waals surface area contributed by atoms with E-state index in [0.29, 0.717) is 0 Å². The molecule has 1 N–H and O–H groups in total. The quantitative estimate of drug-likeness (QED) is 0.931. The molecular weight excluding hydrogens is 265 g/mol. The molecule has 0 amide bonds. The van der Waals surface area contributed by atoms with Crippen LogP contribution in [0.1, 0.15) is 45.0 Å². The van der Waals surface area contributed by atoms with Crippen LogP contribution < -0.4 is 5.32 Å². The molecule has 0 aliphatic heterocycles. The number of nitrogens with one attached hydrogen (secondary N) is 1. The highest BCUT2D eigenvalue weighted by molar-refractivity contribution is 5.70. The lowest BCUT2D eigenvalue weighted by Crippen LogP contribution is -2.16. The number of halogens is 1. The van der Waals surface area contributed by atoms with Gasteiger partial charge in [-0.15, -0.1) is 0 Å². The summed E-state index contributed by atoms with van der Waals surface area (Å²) in [5, 5.41) is 7.81. The van der Waals surface area contributed by atoms with Gasteiger partial charge in [0.05, 0.1) is 5.69 Å². The highest BCUT2D eigenvalue weighted by atomic mass is 19.1. The van der Waals surface area contributed by atoms with Gasteiger partial charge >= 0.3 is 0 Å². The van der Waals surface area contributed by atoms with Gasteiger partial charge in [-0.3, -0.25) is 4.68 Å². The van der Waals surface area contributed by atoms with Crippen LogP contribution in [0.3, 0.4) is 0 Å². The van der Waals surface area contributed by atoms with Crippen LogP contribution in [-0.2, 0) is 12.5 Å². The van der Waals surface area contributed by atoms with Crippen molar-refractivity contribution >= 4 is 0 Å². The van der Waals surface area contributed by atoms with Crippen molar-refractivity contribution in [3.8, 4) is 11.1 Å². The van der Waals surface area contributed by atoms with Gasteiger partial charge in [-0.2, -0.15) is 5.10 Å². The van der Waals surface area contributed by atoms with Crippen LogP contribution in [-0.4, -0.2) is 16.8 Å². The molecule has 0 spiro atoms. The summed E-state index contributed by atoms with van der Waals surface area (Å²) in [6, 6.07) is 5.12. The molecule has 0 saturated carbocycles. The molecule has 3 nitrogen and oxygen atoms in total. The maximum atomic E-state index is 13.8. The maximum absolute atomic E-state index is 13.8. The molecule has 0 saturated heterocycles. The summed E-state index contributed by atoms with van der Waals surface area (Å²) in [5.74, 6) is -0.222. The number of rotatable bonds is 3. The van der Waals surface area contributed by atoms with Crippen LogP contribution in [0, 0.1) is 5.82 Å². The third-order valence-electron chi connectivity index (χ3n) is 3.74. The average molecular weight is 289 g/mol. The molecule has 114 valence electrons. The highest BCUT2D eigenvalue weighted by Crippen LogP contribution is 2.35. The minimum Gasteiger partial charge on any atom is -0.313 e. The lowest BCUT2D eigenvalue weighted by molar-refractivity contribution is 0.554. The zero-order chi connectivity index (χ0) is 15.8. The smallest absolute Gasteiger partial charge is 0.123 e. The fourth-order valence-corrected chi connectivity index (χ4v) is 2.53. The van der Waals surface area contributed by atoms with Crippen LogP contribution in [0.15, 0.2) is 24.4 Å². The second-order valence-corrected chi connectivity index (χ2v) is 6.56. The Morgan fingerprint density at radius 2 is 1.90 bits per heavy atom. The number of nitrogens with zero attached hydrogens (tertiary/aromatic N) is 2. The Bertz CT molecular complexity index is 638. The van der Waals surface area contributed by atoms with Crippen molar-refractivity contribution in [3.63, 3.8) is 0 Å². The van der Waals surface area contributed by atoms with Gasteiger partial charge < -0.3 is 5.32 Å². The van der Waals surface area contributed by atoms with Gasteiger partial charge in [0.2, 0.25) is 0 Å². The maximum Gasteiger partial charge on any atom is 0.123 e.